The topological polar surface area (TPSA) is 68.8 Å². The first-order valence-electron chi connectivity index (χ1n) is 7.69. The fourth-order valence-electron chi connectivity index (χ4n) is 2.16. The van der Waals surface area contributed by atoms with Crippen molar-refractivity contribution in [2.45, 2.75) is 20.0 Å². The smallest absolute Gasteiger partial charge is 0.323 e. The van der Waals surface area contributed by atoms with Gasteiger partial charge in [-0.25, -0.2) is 4.79 Å². The van der Waals surface area contributed by atoms with E-state index in [-0.39, 0.29) is 6.10 Å². The van der Waals surface area contributed by atoms with Gasteiger partial charge in [-0.15, -0.1) is 0 Å². The fourth-order valence-corrected chi connectivity index (χ4v) is 2.39. The van der Waals surface area contributed by atoms with Crippen molar-refractivity contribution in [3.8, 4) is 17.2 Å². The molecule has 0 bridgehead atoms. The predicted molar refractivity (Wildman–Crippen MR) is 99.4 cm³/mol. The predicted octanol–water partition coefficient (Wildman–Crippen LogP) is 4.79. The van der Waals surface area contributed by atoms with E-state index < -0.39 is 6.03 Å². The van der Waals surface area contributed by atoms with Crippen LogP contribution in [0.1, 0.15) is 13.8 Å². The van der Waals surface area contributed by atoms with Crippen LogP contribution in [0.3, 0.4) is 0 Å². The molecule has 0 saturated carbocycles. The van der Waals surface area contributed by atoms with Crippen molar-refractivity contribution in [3.05, 3.63) is 41.4 Å². The number of halogens is 1. The molecule has 2 aromatic rings. The zero-order chi connectivity index (χ0) is 18.4. The van der Waals surface area contributed by atoms with Gasteiger partial charge in [0, 0.05) is 12.1 Å². The largest absolute Gasteiger partial charge is 0.495 e. The van der Waals surface area contributed by atoms with Crippen LogP contribution in [0.25, 0.3) is 0 Å². The average Bonchev–Trinajstić information content (AvgIpc) is 2.57. The standard InChI is InChI=1S/C18H21ClN2O4/c1-11(2)25-15-8-6-5-7-13(15)20-18(22)21-14-10-16(23-3)12(19)9-17(14)24-4/h5-11H,1-4H3,(H2,20,21,22). The number of carbonyl (C=O) groups excluding carboxylic acids is 1. The number of methoxy groups -OCH3 is 2. The number of carbonyl (C=O) groups is 1. The molecular formula is C18H21ClN2O4. The van der Waals surface area contributed by atoms with Crippen molar-refractivity contribution in [3.63, 3.8) is 0 Å². The Morgan fingerprint density at radius 2 is 1.60 bits per heavy atom. The molecule has 0 atom stereocenters. The Kier molecular flexibility index (Phi) is 6.36. The van der Waals surface area contributed by atoms with E-state index in [0.717, 1.165) is 0 Å². The zero-order valence-electron chi connectivity index (χ0n) is 14.6. The van der Waals surface area contributed by atoms with Crippen LogP contribution in [0.5, 0.6) is 17.2 Å². The lowest BCUT2D eigenvalue weighted by molar-refractivity contribution is 0.243. The molecule has 7 heteroatoms. The molecule has 2 rings (SSSR count). The maximum absolute atomic E-state index is 12.4. The van der Waals surface area contributed by atoms with Gasteiger partial charge in [0.2, 0.25) is 0 Å². The third-order valence-electron chi connectivity index (χ3n) is 3.22. The van der Waals surface area contributed by atoms with E-state index >= 15 is 0 Å². The first kappa shape index (κ1) is 18.7. The van der Waals surface area contributed by atoms with Crippen LogP contribution in [-0.2, 0) is 0 Å². The van der Waals surface area contributed by atoms with E-state index in [9.17, 15) is 4.79 Å². The van der Waals surface area contributed by atoms with Crippen LogP contribution < -0.4 is 24.8 Å². The summed E-state index contributed by atoms with van der Waals surface area (Å²) in [5.41, 5.74) is 0.997. The molecule has 0 aromatic heterocycles. The summed E-state index contributed by atoms with van der Waals surface area (Å²) in [7, 11) is 2.99. The molecule has 0 unspecified atom stereocenters. The van der Waals surface area contributed by atoms with E-state index in [0.29, 0.717) is 33.6 Å². The average molecular weight is 365 g/mol. The number of para-hydroxylation sites is 2. The van der Waals surface area contributed by atoms with Gasteiger partial charge in [0.1, 0.15) is 17.2 Å². The number of nitrogens with one attached hydrogen (secondary N) is 2. The highest BCUT2D eigenvalue weighted by Crippen LogP contribution is 2.36. The summed E-state index contributed by atoms with van der Waals surface area (Å²) in [6.45, 7) is 3.84. The van der Waals surface area contributed by atoms with Crippen LogP contribution in [0.2, 0.25) is 5.02 Å². The summed E-state index contributed by atoms with van der Waals surface area (Å²) < 4.78 is 16.1. The van der Waals surface area contributed by atoms with E-state index in [2.05, 4.69) is 10.6 Å². The Labute approximate surface area is 152 Å². The summed E-state index contributed by atoms with van der Waals surface area (Å²) in [5, 5.41) is 5.88. The number of hydrogen-bond donors (Lipinski definition) is 2. The molecule has 0 aliphatic heterocycles. The minimum Gasteiger partial charge on any atom is -0.495 e. The van der Waals surface area contributed by atoms with Crippen LogP contribution in [-0.4, -0.2) is 26.4 Å². The molecule has 0 heterocycles. The normalized spacial score (nSPS) is 10.3. The molecule has 25 heavy (non-hydrogen) atoms. The second-order valence-electron chi connectivity index (χ2n) is 5.43. The minimum absolute atomic E-state index is 0.00775. The molecule has 2 N–H and O–H groups in total. The van der Waals surface area contributed by atoms with Crippen LogP contribution in [0.4, 0.5) is 16.2 Å². The first-order chi connectivity index (χ1) is 11.9. The zero-order valence-corrected chi connectivity index (χ0v) is 15.3. The number of amides is 2. The van der Waals surface area contributed by atoms with E-state index in [1.165, 1.54) is 14.2 Å². The van der Waals surface area contributed by atoms with Gasteiger partial charge in [0.05, 0.1) is 36.7 Å². The van der Waals surface area contributed by atoms with Crippen LogP contribution in [0, 0.1) is 0 Å². The Bertz CT molecular complexity index is 750. The maximum Gasteiger partial charge on any atom is 0.323 e. The second-order valence-corrected chi connectivity index (χ2v) is 5.84. The third-order valence-corrected chi connectivity index (χ3v) is 3.52. The maximum atomic E-state index is 12.4. The highest BCUT2D eigenvalue weighted by atomic mass is 35.5. The summed E-state index contributed by atoms with van der Waals surface area (Å²) in [5.74, 6) is 1.45. The van der Waals surface area contributed by atoms with E-state index in [4.69, 9.17) is 25.8 Å². The first-order valence-corrected chi connectivity index (χ1v) is 8.07. The molecule has 0 saturated heterocycles. The quantitative estimate of drug-likeness (QED) is 0.773. The van der Waals surface area contributed by atoms with Crippen molar-refractivity contribution in [2.75, 3.05) is 24.9 Å². The summed E-state index contributed by atoms with van der Waals surface area (Å²) >= 11 is 6.07. The van der Waals surface area contributed by atoms with Gasteiger partial charge in [-0.1, -0.05) is 23.7 Å². The molecule has 0 radical (unpaired) electrons. The van der Waals surface area contributed by atoms with Gasteiger partial charge in [-0.05, 0) is 26.0 Å². The van der Waals surface area contributed by atoms with E-state index in [1.807, 2.05) is 26.0 Å². The number of urea groups is 1. The number of benzene rings is 2. The second kappa shape index (κ2) is 8.48. The Hall–Kier alpha value is -2.60. The van der Waals surface area contributed by atoms with Crippen molar-refractivity contribution in [1.29, 1.82) is 0 Å². The molecule has 0 spiro atoms. The molecule has 6 nitrogen and oxygen atoms in total. The lowest BCUT2D eigenvalue weighted by atomic mass is 10.2. The highest BCUT2D eigenvalue weighted by Gasteiger charge is 2.14. The van der Waals surface area contributed by atoms with Gasteiger partial charge in [0.15, 0.2) is 0 Å². The fraction of sp³-hybridized carbons (Fsp3) is 0.278. The van der Waals surface area contributed by atoms with Crippen LogP contribution >= 0.6 is 11.6 Å². The lowest BCUT2D eigenvalue weighted by Crippen LogP contribution is -2.21. The Balaban J connectivity index is 2.18. The number of rotatable bonds is 6. The molecule has 2 aromatic carbocycles. The molecule has 134 valence electrons. The molecule has 2 amide bonds. The van der Waals surface area contributed by atoms with Gasteiger partial charge in [-0.3, -0.25) is 0 Å². The number of anilines is 2. The number of hydrogen-bond acceptors (Lipinski definition) is 4. The van der Waals surface area contributed by atoms with Gasteiger partial charge in [0.25, 0.3) is 0 Å². The third kappa shape index (κ3) is 4.93. The summed E-state index contributed by atoms with van der Waals surface area (Å²) in [6.07, 6.45) is -0.00775. The van der Waals surface area contributed by atoms with Gasteiger partial charge < -0.3 is 24.8 Å². The molecular weight excluding hydrogens is 344 g/mol. The van der Waals surface area contributed by atoms with E-state index in [1.54, 1.807) is 24.3 Å². The molecule has 0 aliphatic carbocycles. The SMILES string of the molecule is COc1cc(NC(=O)Nc2ccccc2OC(C)C)c(OC)cc1Cl. The van der Waals surface area contributed by atoms with Crippen molar-refractivity contribution < 1.29 is 19.0 Å². The summed E-state index contributed by atoms with van der Waals surface area (Å²) in [6, 6.07) is 9.94. The summed E-state index contributed by atoms with van der Waals surface area (Å²) in [4.78, 5) is 12.4. The molecule has 0 fully saturated rings. The molecule has 0 aliphatic rings. The van der Waals surface area contributed by atoms with Crippen molar-refractivity contribution >= 4 is 29.0 Å². The van der Waals surface area contributed by atoms with Crippen molar-refractivity contribution in [2.24, 2.45) is 0 Å². The van der Waals surface area contributed by atoms with Crippen molar-refractivity contribution in [1.82, 2.24) is 0 Å². The highest BCUT2D eigenvalue weighted by molar-refractivity contribution is 6.32. The number of ether oxygens (including phenoxy) is 3. The van der Waals surface area contributed by atoms with Gasteiger partial charge >= 0.3 is 6.03 Å². The van der Waals surface area contributed by atoms with Gasteiger partial charge in [-0.2, -0.15) is 0 Å². The lowest BCUT2D eigenvalue weighted by Gasteiger charge is -2.16. The minimum atomic E-state index is -0.442. The van der Waals surface area contributed by atoms with Crippen LogP contribution in [0.15, 0.2) is 36.4 Å². The Morgan fingerprint density at radius 1 is 0.960 bits per heavy atom. The monoisotopic (exact) mass is 364 g/mol. The Morgan fingerprint density at radius 3 is 2.24 bits per heavy atom.